The Hall–Kier alpha value is -0.756. The van der Waals surface area contributed by atoms with Gasteiger partial charge in [0, 0.05) is 16.8 Å². The van der Waals surface area contributed by atoms with Crippen LogP contribution in [0.4, 0.5) is 0 Å². The lowest BCUT2D eigenvalue weighted by Gasteiger charge is -2.35. The SMILES string of the molecule is C=CC[Si]1(c2ccccc2)OCc2cc(CCC[Si](Cl)(Cl)Cl)ccc2O1. The molecule has 0 radical (unpaired) electrons. The van der Waals surface area contributed by atoms with Crippen LogP contribution in [-0.4, -0.2) is 14.6 Å². The molecule has 0 saturated carbocycles. The predicted molar refractivity (Wildman–Crippen MR) is 115 cm³/mol. The molecule has 0 saturated heterocycles. The molecule has 0 spiro atoms. The Labute approximate surface area is 171 Å². The van der Waals surface area contributed by atoms with Gasteiger partial charge in [0.25, 0.3) is 0 Å². The molecular formula is C19H21Cl3O2Si2. The Morgan fingerprint density at radius 3 is 2.58 bits per heavy atom. The summed E-state index contributed by atoms with van der Waals surface area (Å²) in [7, 11) is -2.54. The monoisotopic (exact) mass is 442 g/mol. The van der Waals surface area contributed by atoms with Crippen molar-refractivity contribution in [1.82, 2.24) is 0 Å². The fraction of sp³-hybridized carbons (Fsp3) is 0.263. The van der Waals surface area contributed by atoms with Crippen LogP contribution in [0.1, 0.15) is 17.5 Å². The second-order valence-corrected chi connectivity index (χ2v) is 18.7. The molecule has 1 atom stereocenters. The molecule has 1 aliphatic rings. The van der Waals surface area contributed by atoms with Crippen molar-refractivity contribution in [2.45, 2.75) is 31.5 Å². The normalized spacial score (nSPS) is 19.5. The highest BCUT2D eigenvalue weighted by atomic mass is 35.8. The molecule has 3 rings (SSSR count). The number of fused-ring (bicyclic) bond motifs is 1. The third kappa shape index (κ3) is 4.94. The van der Waals surface area contributed by atoms with Crippen LogP contribution >= 0.6 is 33.2 Å². The molecule has 2 aromatic carbocycles. The Morgan fingerprint density at radius 1 is 1.12 bits per heavy atom. The highest BCUT2D eigenvalue weighted by Crippen LogP contribution is 2.33. The average Bonchev–Trinajstić information content (AvgIpc) is 2.62. The van der Waals surface area contributed by atoms with E-state index in [1.54, 1.807) is 0 Å². The van der Waals surface area contributed by atoms with Crippen molar-refractivity contribution in [2.24, 2.45) is 0 Å². The van der Waals surface area contributed by atoms with Crippen molar-refractivity contribution in [3.63, 3.8) is 0 Å². The zero-order valence-electron chi connectivity index (χ0n) is 14.4. The number of hydrogen-bond acceptors (Lipinski definition) is 2. The first-order valence-corrected chi connectivity index (χ1v) is 15.9. The van der Waals surface area contributed by atoms with Gasteiger partial charge in [0.2, 0.25) is 0 Å². The summed E-state index contributed by atoms with van der Waals surface area (Å²) in [6, 6.07) is 15.3. The topological polar surface area (TPSA) is 18.5 Å². The van der Waals surface area contributed by atoms with Crippen molar-refractivity contribution in [3.05, 3.63) is 72.3 Å². The molecule has 2 aromatic rings. The van der Waals surface area contributed by atoms with Gasteiger partial charge >= 0.3 is 14.6 Å². The third-order valence-corrected chi connectivity index (χ3v) is 10.2. The van der Waals surface area contributed by atoms with Gasteiger partial charge in [0.1, 0.15) is 5.75 Å². The minimum atomic E-state index is -2.54. The van der Waals surface area contributed by atoms with Crippen LogP contribution in [0.25, 0.3) is 0 Å². The van der Waals surface area contributed by atoms with E-state index in [2.05, 4.69) is 30.8 Å². The molecule has 1 unspecified atom stereocenters. The number of allylic oxidation sites excluding steroid dienone is 1. The van der Waals surface area contributed by atoms with E-state index < -0.39 is 14.6 Å². The molecule has 0 aliphatic carbocycles. The fourth-order valence-electron chi connectivity index (χ4n) is 3.14. The summed E-state index contributed by atoms with van der Waals surface area (Å²) >= 11 is 17.9. The fourth-order valence-corrected chi connectivity index (χ4v) is 7.72. The maximum atomic E-state index is 6.45. The van der Waals surface area contributed by atoms with E-state index in [1.165, 1.54) is 5.56 Å². The van der Waals surface area contributed by atoms with Crippen LogP contribution in [0.2, 0.25) is 12.1 Å². The van der Waals surface area contributed by atoms with E-state index in [9.17, 15) is 0 Å². The zero-order valence-corrected chi connectivity index (χ0v) is 18.7. The maximum Gasteiger partial charge on any atom is 0.437 e. The standard InChI is InChI=1S/C19H21Cl3O2Si2/c1-2-12-25(18-8-4-3-5-9-18)23-15-17-14-16(10-11-19(17)24-25)7-6-13-26(20,21)22/h2-5,8-11,14H,1,6-7,12-13,15H2. The van der Waals surface area contributed by atoms with E-state index >= 15 is 0 Å². The highest BCUT2D eigenvalue weighted by Gasteiger charge is 2.44. The van der Waals surface area contributed by atoms with Gasteiger partial charge < -0.3 is 8.85 Å². The van der Waals surface area contributed by atoms with Gasteiger partial charge in [-0.2, -0.15) is 0 Å². The summed E-state index contributed by atoms with van der Waals surface area (Å²) in [5.41, 5.74) is 2.30. The third-order valence-electron chi connectivity index (χ3n) is 4.41. The summed E-state index contributed by atoms with van der Waals surface area (Å²) in [4.78, 5) is 0. The van der Waals surface area contributed by atoms with Gasteiger partial charge in [-0.05, 0) is 36.6 Å². The molecule has 1 aliphatic heterocycles. The molecule has 7 heteroatoms. The van der Waals surface area contributed by atoms with Gasteiger partial charge in [-0.25, -0.2) is 0 Å². The Morgan fingerprint density at radius 2 is 1.88 bits per heavy atom. The summed E-state index contributed by atoms with van der Waals surface area (Å²) in [6.45, 7) is 4.45. The highest BCUT2D eigenvalue weighted by molar-refractivity contribution is 7.64. The van der Waals surface area contributed by atoms with Gasteiger partial charge in [-0.1, -0.05) is 42.5 Å². The second-order valence-electron chi connectivity index (χ2n) is 6.41. The molecular weight excluding hydrogens is 423 g/mol. The van der Waals surface area contributed by atoms with Crippen molar-refractivity contribution >= 4 is 53.0 Å². The summed E-state index contributed by atoms with van der Waals surface area (Å²) < 4.78 is 12.8. The summed E-state index contributed by atoms with van der Waals surface area (Å²) in [5, 5.41) is 1.13. The van der Waals surface area contributed by atoms with Crippen LogP contribution in [-0.2, 0) is 17.5 Å². The van der Waals surface area contributed by atoms with Crippen LogP contribution in [0.15, 0.2) is 61.2 Å². The smallest absolute Gasteiger partial charge is 0.437 e. The Kier molecular flexibility index (Phi) is 6.54. The average molecular weight is 444 g/mol. The first-order valence-electron chi connectivity index (χ1n) is 8.60. The van der Waals surface area contributed by atoms with E-state index in [0.717, 1.165) is 29.3 Å². The number of hydrogen-bond donors (Lipinski definition) is 0. The largest absolute Gasteiger partial charge is 0.517 e. The number of halogens is 3. The first-order chi connectivity index (χ1) is 12.4. The molecule has 0 bridgehead atoms. The van der Waals surface area contributed by atoms with E-state index in [4.69, 9.17) is 42.1 Å². The zero-order chi connectivity index (χ0) is 18.6. The van der Waals surface area contributed by atoms with E-state index in [-0.39, 0.29) is 0 Å². The molecule has 26 heavy (non-hydrogen) atoms. The van der Waals surface area contributed by atoms with Crippen LogP contribution < -0.4 is 9.61 Å². The lowest BCUT2D eigenvalue weighted by Crippen LogP contribution is -2.57. The van der Waals surface area contributed by atoms with Gasteiger partial charge in [0.05, 0.1) is 6.61 Å². The molecule has 0 fully saturated rings. The maximum absolute atomic E-state index is 6.45. The summed E-state index contributed by atoms with van der Waals surface area (Å²) in [6.07, 6.45) is 3.66. The number of aryl methyl sites for hydroxylation is 1. The molecule has 0 amide bonds. The van der Waals surface area contributed by atoms with Gasteiger partial charge in [-0.3, -0.25) is 0 Å². The van der Waals surface area contributed by atoms with Crippen LogP contribution in [0.3, 0.4) is 0 Å². The van der Waals surface area contributed by atoms with Crippen molar-refractivity contribution < 1.29 is 8.85 Å². The van der Waals surface area contributed by atoms with E-state index in [0.29, 0.717) is 18.7 Å². The number of rotatable bonds is 7. The molecule has 0 N–H and O–H groups in total. The predicted octanol–water partition coefficient (Wildman–Crippen LogP) is 5.72. The van der Waals surface area contributed by atoms with E-state index in [1.807, 2.05) is 30.3 Å². The molecule has 1 heterocycles. The Balaban J connectivity index is 1.77. The summed E-state index contributed by atoms with van der Waals surface area (Å²) in [5.74, 6) is 0.910. The van der Waals surface area contributed by atoms with Crippen molar-refractivity contribution in [3.8, 4) is 5.75 Å². The molecule has 2 nitrogen and oxygen atoms in total. The van der Waals surface area contributed by atoms with Gasteiger partial charge in [-0.15, -0.1) is 39.8 Å². The van der Waals surface area contributed by atoms with Crippen LogP contribution in [0.5, 0.6) is 5.75 Å². The number of benzene rings is 2. The van der Waals surface area contributed by atoms with Gasteiger partial charge in [0.15, 0.2) is 0 Å². The van der Waals surface area contributed by atoms with Crippen molar-refractivity contribution in [1.29, 1.82) is 0 Å². The quantitative estimate of drug-likeness (QED) is 0.309. The second kappa shape index (κ2) is 8.50. The minimum Gasteiger partial charge on any atom is -0.517 e. The lowest BCUT2D eigenvalue weighted by molar-refractivity contribution is 0.214. The molecule has 138 valence electrons. The minimum absolute atomic E-state index is 0.553. The Bertz CT molecular complexity index is 765. The van der Waals surface area contributed by atoms with Crippen molar-refractivity contribution in [2.75, 3.05) is 0 Å². The molecule has 0 aromatic heterocycles. The van der Waals surface area contributed by atoms with Crippen LogP contribution in [0, 0.1) is 0 Å². The lowest BCUT2D eigenvalue weighted by atomic mass is 10.1. The first kappa shape index (κ1) is 20.0.